The lowest BCUT2D eigenvalue weighted by Gasteiger charge is -2.20. The van der Waals surface area contributed by atoms with Crippen molar-refractivity contribution in [2.75, 3.05) is 6.61 Å². The first kappa shape index (κ1) is 26.9. The number of hydrogen-bond donors (Lipinski definition) is 0. The highest BCUT2D eigenvalue weighted by molar-refractivity contribution is 6.05. The van der Waals surface area contributed by atoms with E-state index < -0.39 is 4.92 Å². The van der Waals surface area contributed by atoms with E-state index in [9.17, 15) is 10.1 Å². The number of fused-ring (bicyclic) bond motifs is 1. The number of non-ortho nitro benzene ring substituents is 1. The summed E-state index contributed by atoms with van der Waals surface area (Å²) in [6.45, 7) is 8.52. The minimum Gasteiger partial charge on any atom is -0.424 e. The van der Waals surface area contributed by atoms with Crippen molar-refractivity contribution in [2.45, 2.75) is 40.2 Å². The predicted octanol–water partition coefficient (Wildman–Crippen LogP) is 6.90. The molecule has 2 aromatic carbocycles. The van der Waals surface area contributed by atoms with Gasteiger partial charge in [-0.05, 0) is 74.2 Å². The fourth-order valence-electron chi connectivity index (χ4n) is 4.87. The third-order valence-electron chi connectivity index (χ3n) is 6.79. The van der Waals surface area contributed by atoms with Gasteiger partial charge in [0.15, 0.2) is 0 Å². The first-order valence-corrected chi connectivity index (χ1v) is 13.1. The summed E-state index contributed by atoms with van der Waals surface area (Å²) < 4.78 is 14.2. The van der Waals surface area contributed by atoms with Crippen molar-refractivity contribution in [3.8, 4) is 34.1 Å². The zero-order valence-corrected chi connectivity index (χ0v) is 23.1. The van der Waals surface area contributed by atoms with E-state index in [0.29, 0.717) is 12.4 Å². The molecule has 3 aromatic heterocycles. The number of hydrogen-bond acceptors (Lipinski definition) is 8. The lowest BCUT2D eigenvalue weighted by molar-refractivity contribution is -0.384. The Hall–Kier alpha value is -4.70. The van der Waals surface area contributed by atoms with Crippen LogP contribution in [0.5, 0.6) is 11.8 Å². The van der Waals surface area contributed by atoms with Crippen LogP contribution in [0.2, 0.25) is 0 Å². The monoisotopic (exact) mass is 538 g/mol. The van der Waals surface area contributed by atoms with Gasteiger partial charge in [0.25, 0.3) is 5.69 Å². The van der Waals surface area contributed by atoms with Gasteiger partial charge in [-0.2, -0.15) is 0 Å². The summed E-state index contributed by atoms with van der Waals surface area (Å²) >= 11 is 0. The van der Waals surface area contributed by atoms with Gasteiger partial charge < -0.3 is 14.0 Å². The second-order valence-electron chi connectivity index (χ2n) is 9.59. The number of ether oxygens (including phenoxy) is 2. The molecular weight excluding hydrogens is 508 g/mol. The highest BCUT2D eigenvalue weighted by Gasteiger charge is 2.25. The van der Waals surface area contributed by atoms with Crippen LogP contribution in [-0.2, 0) is 11.8 Å². The zero-order valence-electron chi connectivity index (χ0n) is 23.1. The third kappa shape index (κ3) is 5.13. The van der Waals surface area contributed by atoms with Crippen LogP contribution in [0.4, 0.5) is 5.69 Å². The Morgan fingerprint density at radius 2 is 1.82 bits per heavy atom. The van der Waals surface area contributed by atoms with E-state index in [4.69, 9.17) is 9.47 Å². The summed E-state index contributed by atoms with van der Waals surface area (Å²) in [6, 6.07) is 14.5. The maximum absolute atomic E-state index is 11.3. The third-order valence-corrected chi connectivity index (χ3v) is 6.79. The van der Waals surface area contributed by atoms with Gasteiger partial charge in [0.05, 0.1) is 22.4 Å². The molecule has 0 bridgehead atoms. The SMILES string of the molecule is CCCOC(C)c1cc(Oc2nccc(C)n2)ccc1-c1c(-c2ccc([N+](=O)[O-])cc2)n(C)c2ncnc(C)c12. The van der Waals surface area contributed by atoms with E-state index in [-0.39, 0.29) is 17.8 Å². The minimum absolute atomic E-state index is 0.0298. The first-order valence-electron chi connectivity index (χ1n) is 13.1. The average Bonchev–Trinajstić information content (AvgIpc) is 3.25. The van der Waals surface area contributed by atoms with E-state index in [1.165, 1.54) is 12.1 Å². The minimum atomic E-state index is -0.399. The van der Waals surface area contributed by atoms with Crippen LogP contribution in [0.15, 0.2) is 61.1 Å². The Labute approximate surface area is 231 Å². The number of rotatable bonds is 9. The van der Waals surface area contributed by atoms with Crippen molar-refractivity contribution in [1.29, 1.82) is 0 Å². The Kier molecular flexibility index (Phi) is 7.52. The molecule has 0 aliphatic carbocycles. The molecular formula is C30H30N6O4. The van der Waals surface area contributed by atoms with Gasteiger partial charge in [-0.15, -0.1) is 0 Å². The quantitative estimate of drug-likeness (QED) is 0.147. The molecule has 10 heteroatoms. The molecule has 10 nitrogen and oxygen atoms in total. The second-order valence-corrected chi connectivity index (χ2v) is 9.59. The number of nitro groups is 1. The Balaban J connectivity index is 1.74. The number of aryl methyl sites for hydroxylation is 3. The lowest BCUT2D eigenvalue weighted by atomic mass is 9.92. The molecule has 0 saturated heterocycles. The molecule has 0 N–H and O–H groups in total. The highest BCUT2D eigenvalue weighted by atomic mass is 16.6. The maximum Gasteiger partial charge on any atom is 0.322 e. The van der Waals surface area contributed by atoms with Gasteiger partial charge in [-0.25, -0.2) is 19.9 Å². The number of nitro benzene ring substituents is 1. The van der Waals surface area contributed by atoms with Crippen molar-refractivity contribution < 1.29 is 14.4 Å². The molecule has 0 aliphatic rings. The Morgan fingerprint density at radius 3 is 2.52 bits per heavy atom. The smallest absolute Gasteiger partial charge is 0.322 e. The molecule has 0 amide bonds. The van der Waals surface area contributed by atoms with Crippen molar-refractivity contribution in [1.82, 2.24) is 24.5 Å². The van der Waals surface area contributed by atoms with E-state index >= 15 is 0 Å². The zero-order chi connectivity index (χ0) is 28.4. The van der Waals surface area contributed by atoms with Gasteiger partial charge in [0, 0.05) is 48.6 Å². The molecule has 1 unspecified atom stereocenters. The van der Waals surface area contributed by atoms with E-state index in [0.717, 1.165) is 56.8 Å². The van der Waals surface area contributed by atoms with Crippen molar-refractivity contribution in [2.24, 2.45) is 7.05 Å². The summed E-state index contributed by atoms with van der Waals surface area (Å²) in [5, 5.41) is 12.2. The fraction of sp³-hybridized carbons (Fsp3) is 0.267. The lowest BCUT2D eigenvalue weighted by Crippen LogP contribution is -2.04. The normalized spacial score (nSPS) is 12.0. The van der Waals surface area contributed by atoms with Gasteiger partial charge >= 0.3 is 6.01 Å². The van der Waals surface area contributed by atoms with Crippen LogP contribution >= 0.6 is 0 Å². The standard InChI is InChI=1S/C30H30N6O4/c1-6-15-39-20(4)25-16-23(40-30-31-14-13-18(2)34-30)11-12-24(25)27-26-19(3)32-17-33-29(26)35(5)28(27)21-7-9-22(10-8-21)36(37)38/h7-14,16-17,20H,6,15H2,1-5H3. The predicted molar refractivity (Wildman–Crippen MR) is 152 cm³/mol. The van der Waals surface area contributed by atoms with Gasteiger partial charge in [-0.3, -0.25) is 10.1 Å². The molecule has 0 fully saturated rings. The fourth-order valence-corrected chi connectivity index (χ4v) is 4.87. The highest BCUT2D eigenvalue weighted by Crippen LogP contribution is 2.44. The molecule has 3 heterocycles. The van der Waals surface area contributed by atoms with Crippen LogP contribution in [0.1, 0.15) is 43.3 Å². The first-order chi connectivity index (χ1) is 19.3. The molecule has 0 radical (unpaired) electrons. The van der Waals surface area contributed by atoms with Crippen molar-refractivity contribution in [3.63, 3.8) is 0 Å². The summed E-state index contributed by atoms with van der Waals surface area (Å²) in [4.78, 5) is 28.6. The molecule has 0 spiro atoms. The van der Waals surface area contributed by atoms with E-state index in [1.54, 1.807) is 24.7 Å². The largest absolute Gasteiger partial charge is 0.424 e. The average molecular weight is 539 g/mol. The summed E-state index contributed by atoms with van der Waals surface area (Å²) in [5.41, 5.74) is 6.88. The van der Waals surface area contributed by atoms with Gasteiger partial charge in [-0.1, -0.05) is 13.0 Å². The topological polar surface area (TPSA) is 118 Å². The van der Waals surface area contributed by atoms with Crippen LogP contribution in [-0.4, -0.2) is 36.0 Å². The molecule has 5 aromatic rings. The molecule has 0 aliphatic heterocycles. The molecule has 5 rings (SSSR count). The molecule has 40 heavy (non-hydrogen) atoms. The molecule has 0 saturated carbocycles. The van der Waals surface area contributed by atoms with Gasteiger partial charge in [0.2, 0.25) is 0 Å². The molecule has 204 valence electrons. The number of benzene rings is 2. The van der Waals surface area contributed by atoms with Crippen LogP contribution in [0.25, 0.3) is 33.4 Å². The van der Waals surface area contributed by atoms with Crippen LogP contribution in [0, 0.1) is 24.0 Å². The second kappa shape index (κ2) is 11.2. The number of nitrogens with zero attached hydrogens (tertiary/aromatic N) is 6. The Morgan fingerprint density at radius 1 is 1.05 bits per heavy atom. The van der Waals surface area contributed by atoms with E-state index in [1.807, 2.05) is 56.7 Å². The Bertz CT molecular complexity index is 1700. The van der Waals surface area contributed by atoms with Crippen molar-refractivity contribution in [3.05, 3.63) is 88.1 Å². The van der Waals surface area contributed by atoms with Gasteiger partial charge in [0.1, 0.15) is 17.7 Å². The summed E-state index contributed by atoms with van der Waals surface area (Å²) in [5.74, 6) is 0.585. The maximum atomic E-state index is 11.3. The number of aromatic nitrogens is 5. The van der Waals surface area contributed by atoms with Crippen LogP contribution in [0.3, 0.4) is 0 Å². The summed E-state index contributed by atoms with van der Waals surface area (Å²) in [7, 11) is 1.94. The van der Waals surface area contributed by atoms with Crippen LogP contribution < -0.4 is 4.74 Å². The van der Waals surface area contributed by atoms with E-state index in [2.05, 4.69) is 26.9 Å². The van der Waals surface area contributed by atoms with Crippen molar-refractivity contribution >= 4 is 16.7 Å². The summed E-state index contributed by atoms with van der Waals surface area (Å²) in [6.07, 6.45) is 3.83. The molecule has 1 atom stereocenters.